The summed E-state index contributed by atoms with van der Waals surface area (Å²) < 4.78 is 0. The normalized spacial score (nSPS) is 13.5. The summed E-state index contributed by atoms with van der Waals surface area (Å²) in [5, 5.41) is 13.8. The number of benzene rings is 1. The Morgan fingerprint density at radius 1 is 1.23 bits per heavy atom. The van der Waals surface area contributed by atoms with Crippen molar-refractivity contribution in [3.05, 3.63) is 57.3 Å². The zero-order valence-electron chi connectivity index (χ0n) is 11.9. The minimum Gasteiger partial charge on any atom is -0.478 e. The van der Waals surface area contributed by atoms with Gasteiger partial charge in [0.15, 0.2) is 0 Å². The highest BCUT2D eigenvalue weighted by Crippen LogP contribution is 2.23. The fourth-order valence-corrected chi connectivity index (χ4v) is 3.37. The van der Waals surface area contributed by atoms with Gasteiger partial charge in [0.05, 0.1) is 5.56 Å². The Morgan fingerprint density at radius 2 is 2.00 bits per heavy atom. The number of aromatic carboxylic acids is 1. The van der Waals surface area contributed by atoms with Crippen molar-refractivity contribution >= 4 is 23.3 Å². The average molecular weight is 316 g/mol. The molecule has 1 aliphatic rings. The molecule has 0 unspecified atom stereocenters. The summed E-state index contributed by atoms with van der Waals surface area (Å²) in [6.45, 7) is 1.78. The van der Waals surface area contributed by atoms with Gasteiger partial charge in [-0.1, -0.05) is 12.1 Å². The van der Waals surface area contributed by atoms with Crippen molar-refractivity contribution in [1.29, 1.82) is 0 Å². The summed E-state index contributed by atoms with van der Waals surface area (Å²) in [5.41, 5.74) is 2.36. The lowest BCUT2D eigenvalue weighted by Crippen LogP contribution is -2.42. The number of rotatable bonds is 3. The molecular formula is C16H16N2O3S. The molecule has 1 aromatic heterocycles. The quantitative estimate of drug-likeness (QED) is 0.915. The van der Waals surface area contributed by atoms with Gasteiger partial charge in [-0.05, 0) is 41.1 Å². The molecule has 5 nitrogen and oxygen atoms in total. The maximum atomic E-state index is 12.2. The van der Waals surface area contributed by atoms with E-state index < -0.39 is 5.97 Å². The van der Waals surface area contributed by atoms with E-state index in [4.69, 9.17) is 5.11 Å². The lowest BCUT2D eigenvalue weighted by molar-refractivity contribution is 0.0697. The van der Waals surface area contributed by atoms with Crippen LogP contribution >= 0.6 is 11.3 Å². The molecule has 3 rings (SSSR count). The first-order valence-corrected chi connectivity index (χ1v) is 7.91. The average Bonchev–Trinajstić information content (AvgIpc) is 3.00. The molecule has 1 aliphatic heterocycles. The van der Waals surface area contributed by atoms with Crippen LogP contribution in [0.4, 0.5) is 4.79 Å². The molecule has 0 spiro atoms. The summed E-state index contributed by atoms with van der Waals surface area (Å²) in [4.78, 5) is 26.2. The molecule has 1 aromatic carbocycles. The van der Waals surface area contributed by atoms with Gasteiger partial charge < -0.3 is 15.3 Å². The Morgan fingerprint density at radius 3 is 2.73 bits per heavy atom. The fourth-order valence-electron chi connectivity index (χ4n) is 2.48. The topological polar surface area (TPSA) is 69.6 Å². The highest BCUT2D eigenvalue weighted by molar-refractivity contribution is 7.10. The first kappa shape index (κ1) is 14.6. The van der Waals surface area contributed by atoms with Gasteiger partial charge in [-0.3, -0.25) is 0 Å². The van der Waals surface area contributed by atoms with Crippen LogP contribution in [0.2, 0.25) is 0 Å². The monoisotopic (exact) mass is 316 g/mol. The second-order valence-electron chi connectivity index (χ2n) is 5.20. The molecule has 0 aliphatic carbocycles. The Labute approximate surface area is 132 Å². The van der Waals surface area contributed by atoms with Crippen molar-refractivity contribution in [1.82, 2.24) is 10.2 Å². The minimum atomic E-state index is -0.949. The molecule has 0 atom stereocenters. The van der Waals surface area contributed by atoms with Crippen LogP contribution in [-0.4, -0.2) is 28.6 Å². The van der Waals surface area contributed by atoms with Crippen LogP contribution in [0.3, 0.4) is 0 Å². The van der Waals surface area contributed by atoms with Gasteiger partial charge in [0.1, 0.15) is 0 Å². The Bertz CT molecular complexity index is 694. The van der Waals surface area contributed by atoms with Crippen molar-refractivity contribution in [2.75, 3.05) is 6.54 Å². The zero-order valence-corrected chi connectivity index (χ0v) is 12.7. The molecule has 0 radical (unpaired) electrons. The van der Waals surface area contributed by atoms with E-state index in [1.807, 2.05) is 0 Å². The number of carboxylic acids is 1. The number of carbonyl (C=O) groups is 2. The van der Waals surface area contributed by atoms with Gasteiger partial charge in [0, 0.05) is 24.5 Å². The number of urea groups is 1. The van der Waals surface area contributed by atoms with Crippen LogP contribution in [-0.2, 0) is 19.5 Å². The molecule has 2 amide bonds. The second kappa shape index (κ2) is 6.19. The number of hydrogen-bond acceptors (Lipinski definition) is 3. The van der Waals surface area contributed by atoms with E-state index in [0.29, 0.717) is 13.1 Å². The molecule has 0 fully saturated rings. The highest BCUT2D eigenvalue weighted by atomic mass is 32.1. The lowest BCUT2D eigenvalue weighted by Gasteiger charge is -2.27. The van der Waals surface area contributed by atoms with Crippen molar-refractivity contribution in [2.24, 2.45) is 0 Å². The molecule has 0 saturated heterocycles. The van der Waals surface area contributed by atoms with Crippen LogP contribution in [0.15, 0.2) is 35.7 Å². The Hall–Kier alpha value is -2.34. The highest BCUT2D eigenvalue weighted by Gasteiger charge is 2.21. The third-order valence-electron chi connectivity index (χ3n) is 3.74. The second-order valence-corrected chi connectivity index (χ2v) is 6.20. The summed E-state index contributed by atoms with van der Waals surface area (Å²) in [6.07, 6.45) is 0.910. The van der Waals surface area contributed by atoms with Crippen molar-refractivity contribution in [2.45, 2.75) is 19.5 Å². The van der Waals surface area contributed by atoms with Crippen LogP contribution in [0.1, 0.15) is 26.4 Å². The molecule has 2 heterocycles. The summed E-state index contributed by atoms with van der Waals surface area (Å²) in [5.74, 6) is -0.949. The molecule has 6 heteroatoms. The molecule has 22 heavy (non-hydrogen) atoms. The fraction of sp³-hybridized carbons (Fsp3) is 0.250. The van der Waals surface area contributed by atoms with Crippen LogP contribution in [0.25, 0.3) is 0 Å². The van der Waals surface area contributed by atoms with E-state index in [1.54, 1.807) is 40.5 Å². The minimum absolute atomic E-state index is 0.0841. The number of amides is 2. The maximum Gasteiger partial charge on any atom is 0.335 e. The predicted molar refractivity (Wildman–Crippen MR) is 84.1 cm³/mol. The summed E-state index contributed by atoms with van der Waals surface area (Å²) in [6, 6.07) is 8.52. The van der Waals surface area contributed by atoms with E-state index in [1.165, 1.54) is 10.4 Å². The van der Waals surface area contributed by atoms with Gasteiger partial charge in [-0.15, -0.1) is 11.3 Å². The lowest BCUT2D eigenvalue weighted by atomic mass is 10.1. The van der Waals surface area contributed by atoms with Crippen molar-refractivity contribution < 1.29 is 14.7 Å². The summed E-state index contributed by atoms with van der Waals surface area (Å²) >= 11 is 1.75. The smallest absolute Gasteiger partial charge is 0.335 e. The van der Waals surface area contributed by atoms with E-state index in [9.17, 15) is 9.59 Å². The number of thiophene rings is 1. The zero-order chi connectivity index (χ0) is 15.5. The third-order valence-corrected chi connectivity index (χ3v) is 4.76. The molecule has 2 N–H and O–H groups in total. The number of carbonyl (C=O) groups excluding carboxylic acids is 1. The first-order chi connectivity index (χ1) is 10.6. The molecule has 114 valence electrons. The number of nitrogens with one attached hydrogen (secondary N) is 1. The van der Waals surface area contributed by atoms with Crippen LogP contribution in [0, 0.1) is 0 Å². The van der Waals surface area contributed by atoms with E-state index in [0.717, 1.165) is 18.5 Å². The maximum absolute atomic E-state index is 12.2. The van der Waals surface area contributed by atoms with E-state index in [2.05, 4.69) is 16.8 Å². The summed E-state index contributed by atoms with van der Waals surface area (Å²) in [7, 11) is 0. The van der Waals surface area contributed by atoms with Gasteiger partial charge in [0.2, 0.25) is 0 Å². The third kappa shape index (κ3) is 3.12. The van der Waals surface area contributed by atoms with Crippen molar-refractivity contribution in [3.8, 4) is 0 Å². The predicted octanol–water partition coefficient (Wildman–Crippen LogP) is 2.71. The Kier molecular flexibility index (Phi) is 4.11. The van der Waals surface area contributed by atoms with Gasteiger partial charge >= 0.3 is 12.0 Å². The number of fused-ring (bicyclic) bond motifs is 1. The SMILES string of the molecule is O=C(O)c1ccc(CNC(=O)N2CCc3sccc3C2)cc1. The van der Waals surface area contributed by atoms with E-state index >= 15 is 0 Å². The molecule has 0 saturated carbocycles. The van der Waals surface area contributed by atoms with Gasteiger partial charge in [0.25, 0.3) is 0 Å². The molecule has 2 aromatic rings. The largest absolute Gasteiger partial charge is 0.478 e. The van der Waals surface area contributed by atoms with Crippen molar-refractivity contribution in [3.63, 3.8) is 0 Å². The molecule has 0 bridgehead atoms. The van der Waals surface area contributed by atoms with Crippen LogP contribution < -0.4 is 5.32 Å². The number of carboxylic acid groups (broad SMARTS) is 1. The molecular weight excluding hydrogens is 300 g/mol. The standard InChI is InChI=1S/C16H16N2O3S/c19-15(20)12-3-1-11(2-4-12)9-17-16(21)18-7-5-14-13(10-18)6-8-22-14/h1-4,6,8H,5,7,9-10H2,(H,17,21)(H,19,20). The van der Waals surface area contributed by atoms with E-state index in [-0.39, 0.29) is 11.6 Å². The van der Waals surface area contributed by atoms with Crippen LogP contribution in [0.5, 0.6) is 0 Å². The number of nitrogens with zero attached hydrogens (tertiary/aromatic N) is 1. The first-order valence-electron chi connectivity index (χ1n) is 7.04. The number of hydrogen-bond donors (Lipinski definition) is 2. The van der Waals surface area contributed by atoms with Gasteiger partial charge in [-0.2, -0.15) is 0 Å². The Balaban J connectivity index is 1.55. The van der Waals surface area contributed by atoms with Gasteiger partial charge in [-0.25, -0.2) is 9.59 Å².